The van der Waals surface area contributed by atoms with E-state index in [0.29, 0.717) is 17.6 Å². The Morgan fingerprint density at radius 2 is 1.72 bits per heavy atom. The third-order valence-corrected chi connectivity index (χ3v) is 10.1. The van der Waals surface area contributed by atoms with Crippen molar-refractivity contribution in [3.05, 3.63) is 11.6 Å². The molecule has 4 fully saturated rings. The number of carbonyl (C=O) groups is 2. The third-order valence-electron chi connectivity index (χ3n) is 10.1. The van der Waals surface area contributed by atoms with Crippen LogP contribution in [0.2, 0.25) is 0 Å². The second-order valence-corrected chi connectivity index (χ2v) is 11.4. The summed E-state index contributed by atoms with van der Waals surface area (Å²) in [5.74, 6) is 2.73. The summed E-state index contributed by atoms with van der Waals surface area (Å²) in [5.41, 5.74) is 1.83. The SMILES string of the molecule is CC12CCC(=O)C=C1CCC1C2CCC2(C)C(OC(=O)C3CCCCC3)CCC12. The Labute approximate surface area is 176 Å². The van der Waals surface area contributed by atoms with Gasteiger partial charge in [-0.25, -0.2) is 0 Å². The molecule has 6 atom stereocenters. The molecule has 0 aliphatic heterocycles. The molecule has 0 N–H and O–H groups in total. The van der Waals surface area contributed by atoms with E-state index in [9.17, 15) is 9.59 Å². The van der Waals surface area contributed by atoms with Gasteiger partial charge in [-0.2, -0.15) is 0 Å². The van der Waals surface area contributed by atoms with Gasteiger partial charge in [-0.15, -0.1) is 0 Å². The predicted molar refractivity (Wildman–Crippen MR) is 113 cm³/mol. The maximum atomic E-state index is 12.9. The van der Waals surface area contributed by atoms with E-state index in [0.717, 1.165) is 44.4 Å². The van der Waals surface area contributed by atoms with Crippen LogP contribution in [-0.4, -0.2) is 17.9 Å². The molecule has 0 radical (unpaired) electrons. The molecule has 4 saturated carbocycles. The van der Waals surface area contributed by atoms with Crippen molar-refractivity contribution in [1.82, 2.24) is 0 Å². The number of ether oxygens (including phenoxy) is 1. The summed E-state index contributed by atoms with van der Waals surface area (Å²) in [6.45, 7) is 4.87. The van der Waals surface area contributed by atoms with Crippen molar-refractivity contribution in [3.63, 3.8) is 0 Å². The first-order valence-electron chi connectivity index (χ1n) is 12.4. The van der Waals surface area contributed by atoms with Crippen molar-refractivity contribution < 1.29 is 14.3 Å². The van der Waals surface area contributed by atoms with E-state index in [2.05, 4.69) is 13.8 Å². The number of esters is 1. The summed E-state index contributed by atoms with van der Waals surface area (Å²) in [7, 11) is 0. The van der Waals surface area contributed by atoms with Crippen molar-refractivity contribution in [2.24, 2.45) is 34.5 Å². The largest absolute Gasteiger partial charge is 0.462 e. The molecule has 160 valence electrons. The molecule has 0 saturated heterocycles. The van der Waals surface area contributed by atoms with E-state index in [-0.39, 0.29) is 28.8 Å². The highest BCUT2D eigenvalue weighted by Crippen LogP contribution is 2.65. The minimum atomic E-state index is 0.102. The lowest BCUT2D eigenvalue weighted by atomic mass is 9.47. The lowest BCUT2D eigenvalue weighted by molar-refractivity contribution is -0.165. The van der Waals surface area contributed by atoms with Crippen LogP contribution in [0, 0.1) is 34.5 Å². The molecular weight excluding hydrogens is 360 g/mol. The molecule has 0 aromatic rings. The Bertz CT molecular complexity index is 717. The summed E-state index contributed by atoms with van der Waals surface area (Å²) in [5, 5.41) is 0. The zero-order valence-electron chi connectivity index (χ0n) is 18.4. The Hall–Kier alpha value is -1.12. The molecule has 29 heavy (non-hydrogen) atoms. The van der Waals surface area contributed by atoms with Crippen LogP contribution in [-0.2, 0) is 14.3 Å². The summed E-state index contributed by atoms with van der Waals surface area (Å²) in [6, 6.07) is 0. The van der Waals surface area contributed by atoms with Gasteiger partial charge in [-0.1, -0.05) is 38.7 Å². The molecule has 6 unspecified atom stereocenters. The first-order valence-corrected chi connectivity index (χ1v) is 12.4. The fraction of sp³-hybridized carbons (Fsp3) is 0.846. The van der Waals surface area contributed by atoms with Gasteiger partial charge in [-0.3, -0.25) is 9.59 Å². The topological polar surface area (TPSA) is 43.4 Å². The molecule has 5 aliphatic carbocycles. The molecule has 3 heteroatoms. The average Bonchev–Trinajstić information content (AvgIpc) is 3.05. The van der Waals surface area contributed by atoms with Crippen LogP contribution in [0.4, 0.5) is 0 Å². The molecule has 0 spiro atoms. The Morgan fingerprint density at radius 1 is 0.931 bits per heavy atom. The standard InChI is InChI=1S/C26H38O3/c1-25-14-12-19(27)16-18(25)8-9-20-21-10-11-23(26(21,2)15-13-22(20)25)29-24(28)17-6-4-3-5-7-17/h16-17,20-23H,3-15H2,1-2H3. The van der Waals surface area contributed by atoms with Crippen molar-refractivity contribution in [2.75, 3.05) is 0 Å². The van der Waals surface area contributed by atoms with E-state index in [1.54, 1.807) is 0 Å². The van der Waals surface area contributed by atoms with Crippen molar-refractivity contribution in [1.29, 1.82) is 0 Å². The number of ketones is 1. The van der Waals surface area contributed by atoms with Crippen LogP contribution in [0.3, 0.4) is 0 Å². The first kappa shape index (κ1) is 19.8. The Balaban J connectivity index is 1.32. The molecular formula is C26H38O3. The van der Waals surface area contributed by atoms with Crippen LogP contribution in [0.1, 0.15) is 97.3 Å². The van der Waals surface area contributed by atoms with Crippen molar-refractivity contribution in [2.45, 2.75) is 103 Å². The highest BCUT2D eigenvalue weighted by molar-refractivity contribution is 5.91. The molecule has 5 aliphatic rings. The molecule has 0 aromatic carbocycles. The predicted octanol–water partition coefficient (Wildman–Crippen LogP) is 6.01. The lowest BCUT2D eigenvalue weighted by Gasteiger charge is -2.57. The van der Waals surface area contributed by atoms with E-state index in [4.69, 9.17) is 4.74 Å². The van der Waals surface area contributed by atoms with Gasteiger partial charge in [-0.05, 0) is 87.0 Å². The molecule has 0 heterocycles. The second kappa shape index (κ2) is 7.24. The summed E-state index contributed by atoms with van der Waals surface area (Å²) in [4.78, 5) is 24.9. The van der Waals surface area contributed by atoms with Crippen molar-refractivity contribution in [3.8, 4) is 0 Å². The summed E-state index contributed by atoms with van der Waals surface area (Å²) < 4.78 is 6.25. The molecule has 3 nitrogen and oxygen atoms in total. The normalized spacial score (nSPS) is 45.0. The quantitative estimate of drug-likeness (QED) is 0.535. The van der Waals surface area contributed by atoms with Gasteiger partial charge in [0.25, 0.3) is 0 Å². The van der Waals surface area contributed by atoms with E-state index < -0.39 is 0 Å². The zero-order valence-corrected chi connectivity index (χ0v) is 18.4. The third kappa shape index (κ3) is 3.13. The fourth-order valence-corrected chi connectivity index (χ4v) is 8.28. The number of fused-ring (bicyclic) bond motifs is 5. The van der Waals surface area contributed by atoms with Gasteiger partial charge < -0.3 is 4.74 Å². The number of rotatable bonds is 2. The maximum Gasteiger partial charge on any atom is 0.309 e. The minimum absolute atomic E-state index is 0.102. The van der Waals surface area contributed by atoms with Crippen LogP contribution in [0.15, 0.2) is 11.6 Å². The number of carbonyl (C=O) groups excluding carboxylic acids is 2. The zero-order chi connectivity index (χ0) is 20.2. The lowest BCUT2D eigenvalue weighted by Crippen LogP contribution is -2.51. The van der Waals surface area contributed by atoms with Crippen LogP contribution >= 0.6 is 0 Å². The Kier molecular flexibility index (Phi) is 4.95. The van der Waals surface area contributed by atoms with Crippen molar-refractivity contribution >= 4 is 11.8 Å². The second-order valence-electron chi connectivity index (χ2n) is 11.4. The van der Waals surface area contributed by atoms with Gasteiger partial charge in [0.1, 0.15) is 6.10 Å². The van der Waals surface area contributed by atoms with Crippen LogP contribution < -0.4 is 0 Å². The Morgan fingerprint density at radius 3 is 2.52 bits per heavy atom. The summed E-state index contributed by atoms with van der Waals surface area (Å²) >= 11 is 0. The van der Waals surface area contributed by atoms with E-state index in [1.807, 2.05) is 6.08 Å². The number of hydrogen-bond donors (Lipinski definition) is 0. The smallest absolute Gasteiger partial charge is 0.309 e. The van der Waals surface area contributed by atoms with Gasteiger partial charge in [0.2, 0.25) is 0 Å². The highest BCUT2D eigenvalue weighted by atomic mass is 16.5. The van der Waals surface area contributed by atoms with Crippen LogP contribution in [0.5, 0.6) is 0 Å². The molecule has 0 bridgehead atoms. The summed E-state index contributed by atoms with van der Waals surface area (Å²) in [6.07, 6.45) is 16.6. The average molecular weight is 399 g/mol. The minimum Gasteiger partial charge on any atom is -0.462 e. The highest BCUT2D eigenvalue weighted by Gasteiger charge is 2.60. The first-order chi connectivity index (χ1) is 13.9. The van der Waals surface area contributed by atoms with E-state index in [1.165, 1.54) is 50.5 Å². The van der Waals surface area contributed by atoms with Gasteiger partial charge in [0, 0.05) is 11.8 Å². The fourth-order valence-electron chi connectivity index (χ4n) is 8.28. The van der Waals surface area contributed by atoms with Crippen LogP contribution in [0.25, 0.3) is 0 Å². The maximum absolute atomic E-state index is 12.9. The number of allylic oxidation sites excluding steroid dienone is 1. The molecule has 5 rings (SSSR count). The monoisotopic (exact) mass is 398 g/mol. The van der Waals surface area contributed by atoms with Gasteiger partial charge >= 0.3 is 5.97 Å². The van der Waals surface area contributed by atoms with Gasteiger partial charge in [0.05, 0.1) is 5.92 Å². The molecule has 0 amide bonds. The number of hydrogen-bond acceptors (Lipinski definition) is 3. The molecule has 0 aromatic heterocycles. The van der Waals surface area contributed by atoms with E-state index >= 15 is 0 Å². The van der Waals surface area contributed by atoms with Gasteiger partial charge in [0.15, 0.2) is 5.78 Å².